The molecule has 3 heterocycles. The average Bonchev–Trinajstić information content (AvgIpc) is 2.76. The van der Waals surface area contributed by atoms with Gasteiger partial charge < -0.3 is 20.0 Å². The third-order valence-electron chi connectivity index (χ3n) is 5.80. The second kappa shape index (κ2) is 8.81. The Kier molecular flexibility index (Phi) is 5.96. The van der Waals surface area contributed by atoms with Crippen molar-refractivity contribution in [1.29, 1.82) is 0 Å². The molecule has 2 aromatic rings. The Morgan fingerprint density at radius 1 is 1.00 bits per heavy atom. The van der Waals surface area contributed by atoms with Crippen LogP contribution in [0, 0.1) is 11.6 Å². The Hall–Kier alpha value is -2.97. The van der Waals surface area contributed by atoms with Crippen molar-refractivity contribution in [1.82, 2.24) is 15.1 Å². The summed E-state index contributed by atoms with van der Waals surface area (Å²) >= 11 is 0. The van der Waals surface area contributed by atoms with Crippen molar-refractivity contribution < 1.29 is 13.6 Å². The highest BCUT2D eigenvalue weighted by atomic mass is 19.1. The molecule has 160 valence electrons. The van der Waals surface area contributed by atoms with Gasteiger partial charge in [-0.3, -0.25) is 0 Å². The molecule has 0 aliphatic carbocycles. The number of carbonyl (C=O) groups excluding carboxylic acids is 1. The predicted molar refractivity (Wildman–Crippen MR) is 112 cm³/mol. The van der Waals surface area contributed by atoms with E-state index >= 15 is 0 Å². The third kappa shape index (κ3) is 4.44. The molecule has 2 aliphatic rings. The number of hydrogen-bond donors (Lipinski definition) is 1. The van der Waals surface area contributed by atoms with Gasteiger partial charge in [0, 0.05) is 44.8 Å². The summed E-state index contributed by atoms with van der Waals surface area (Å²) in [6.45, 7) is 5.39. The molecule has 1 aromatic carbocycles. The first kappa shape index (κ1) is 20.3. The number of carbonyl (C=O) groups is 1. The Balaban J connectivity index is 1.32. The van der Waals surface area contributed by atoms with Crippen LogP contribution in [0.5, 0.6) is 0 Å². The van der Waals surface area contributed by atoms with E-state index in [0.29, 0.717) is 32.2 Å². The van der Waals surface area contributed by atoms with E-state index in [4.69, 9.17) is 0 Å². The number of halogens is 2. The van der Waals surface area contributed by atoms with Crippen LogP contribution in [0.4, 0.5) is 30.9 Å². The van der Waals surface area contributed by atoms with Crippen LogP contribution in [0.25, 0.3) is 0 Å². The number of piperazine rings is 1. The predicted octanol–water partition coefficient (Wildman–Crippen LogP) is 3.49. The van der Waals surface area contributed by atoms with Gasteiger partial charge in [0.2, 0.25) is 0 Å². The van der Waals surface area contributed by atoms with Crippen molar-refractivity contribution in [3.8, 4) is 0 Å². The monoisotopic (exact) mass is 416 g/mol. The number of aromatic nitrogens is 2. The van der Waals surface area contributed by atoms with Crippen molar-refractivity contribution in [2.24, 2.45) is 0 Å². The smallest absolute Gasteiger partial charge is 0.322 e. The van der Waals surface area contributed by atoms with Gasteiger partial charge in [0.25, 0.3) is 0 Å². The van der Waals surface area contributed by atoms with Crippen LogP contribution < -0.4 is 15.1 Å². The lowest BCUT2D eigenvalue weighted by Gasteiger charge is -2.36. The highest BCUT2D eigenvalue weighted by Crippen LogP contribution is 2.24. The lowest BCUT2D eigenvalue weighted by atomic mass is 10.0. The van der Waals surface area contributed by atoms with Gasteiger partial charge in [-0.1, -0.05) is 0 Å². The first-order valence-corrected chi connectivity index (χ1v) is 10.4. The summed E-state index contributed by atoms with van der Waals surface area (Å²) in [5.41, 5.74) is -0.0303. The van der Waals surface area contributed by atoms with Crippen LogP contribution in [0.15, 0.2) is 30.3 Å². The molecule has 7 nitrogen and oxygen atoms in total. The summed E-state index contributed by atoms with van der Waals surface area (Å²) in [6, 6.07) is 7.16. The zero-order valence-corrected chi connectivity index (χ0v) is 17.0. The minimum atomic E-state index is -0.791. The fourth-order valence-electron chi connectivity index (χ4n) is 4.00. The van der Waals surface area contributed by atoms with E-state index in [2.05, 4.69) is 32.2 Å². The molecule has 9 heteroatoms. The zero-order valence-electron chi connectivity index (χ0n) is 17.0. The Bertz CT molecular complexity index is 886. The molecular formula is C21H26F2N6O. The number of anilines is 3. The summed E-state index contributed by atoms with van der Waals surface area (Å²) < 4.78 is 26.8. The zero-order chi connectivity index (χ0) is 21.1. The van der Waals surface area contributed by atoms with Gasteiger partial charge in [0.05, 0.1) is 5.69 Å². The molecule has 1 atom stereocenters. The second-order valence-corrected chi connectivity index (χ2v) is 7.82. The van der Waals surface area contributed by atoms with Gasteiger partial charge >= 0.3 is 6.03 Å². The van der Waals surface area contributed by atoms with E-state index in [1.807, 2.05) is 12.1 Å². The van der Waals surface area contributed by atoms with Crippen LogP contribution in [0.1, 0.15) is 26.2 Å². The number of urea groups is 1. The van der Waals surface area contributed by atoms with Gasteiger partial charge in [0.1, 0.15) is 11.6 Å². The van der Waals surface area contributed by atoms with Gasteiger partial charge in [-0.15, -0.1) is 10.2 Å². The maximum atomic E-state index is 13.8. The minimum absolute atomic E-state index is 0.0303. The number of piperidine rings is 1. The minimum Gasteiger partial charge on any atom is -0.352 e. The van der Waals surface area contributed by atoms with E-state index in [0.717, 1.165) is 30.3 Å². The van der Waals surface area contributed by atoms with Gasteiger partial charge in [0.15, 0.2) is 11.6 Å². The molecule has 2 fully saturated rings. The fourth-order valence-corrected chi connectivity index (χ4v) is 4.00. The Morgan fingerprint density at radius 3 is 2.40 bits per heavy atom. The molecule has 1 N–H and O–H groups in total. The van der Waals surface area contributed by atoms with Gasteiger partial charge in [-0.05, 0) is 50.5 Å². The molecule has 2 amide bonds. The van der Waals surface area contributed by atoms with E-state index in [1.165, 1.54) is 25.3 Å². The van der Waals surface area contributed by atoms with Crippen LogP contribution in [-0.2, 0) is 0 Å². The number of nitrogens with zero attached hydrogens (tertiary/aromatic N) is 5. The summed E-state index contributed by atoms with van der Waals surface area (Å²) in [5, 5.41) is 11.3. The van der Waals surface area contributed by atoms with Gasteiger partial charge in [-0.25, -0.2) is 13.6 Å². The molecule has 4 rings (SSSR count). The molecule has 2 aliphatic heterocycles. The van der Waals surface area contributed by atoms with E-state index in [1.54, 1.807) is 4.90 Å². The van der Waals surface area contributed by atoms with Crippen LogP contribution in [0.3, 0.4) is 0 Å². The first-order valence-electron chi connectivity index (χ1n) is 10.4. The summed E-state index contributed by atoms with van der Waals surface area (Å²) in [7, 11) is 0. The lowest BCUT2D eigenvalue weighted by molar-refractivity contribution is 0.208. The summed E-state index contributed by atoms with van der Waals surface area (Å²) in [6.07, 6.45) is 3.61. The van der Waals surface area contributed by atoms with E-state index in [9.17, 15) is 13.6 Å². The Morgan fingerprint density at radius 2 is 1.73 bits per heavy atom. The molecule has 0 spiro atoms. The molecular weight excluding hydrogens is 390 g/mol. The summed E-state index contributed by atoms with van der Waals surface area (Å²) in [5.74, 6) is 0.222. The first-order chi connectivity index (χ1) is 14.5. The van der Waals surface area contributed by atoms with Crippen molar-refractivity contribution >= 4 is 23.4 Å². The lowest BCUT2D eigenvalue weighted by Crippen LogP contribution is -2.50. The highest BCUT2D eigenvalue weighted by Gasteiger charge is 2.24. The van der Waals surface area contributed by atoms with Crippen LogP contribution in [-0.4, -0.2) is 59.9 Å². The SMILES string of the molecule is CC1CCCCN1c1ccc(N2CCN(C(=O)Nc3ccc(F)cc3F)CC2)nn1. The number of nitrogens with one attached hydrogen (secondary N) is 1. The van der Waals surface area contributed by atoms with Crippen molar-refractivity contribution in [3.63, 3.8) is 0 Å². The van der Waals surface area contributed by atoms with Crippen LogP contribution in [0.2, 0.25) is 0 Å². The average molecular weight is 416 g/mol. The maximum absolute atomic E-state index is 13.8. The third-order valence-corrected chi connectivity index (χ3v) is 5.80. The maximum Gasteiger partial charge on any atom is 0.322 e. The van der Waals surface area contributed by atoms with Crippen molar-refractivity contribution in [3.05, 3.63) is 42.0 Å². The molecule has 0 saturated carbocycles. The molecule has 0 bridgehead atoms. The largest absolute Gasteiger partial charge is 0.352 e. The quantitative estimate of drug-likeness (QED) is 0.830. The number of rotatable bonds is 3. The Labute approximate surface area is 174 Å². The highest BCUT2D eigenvalue weighted by molar-refractivity contribution is 5.89. The molecule has 1 unspecified atom stereocenters. The van der Waals surface area contributed by atoms with E-state index < -0.39 is 17.7 Å². The van der Waals surface area contributed by atoms with Crippen molar-refractivity contribution in [2.45, 2.75) is 32.2 Å². The topological polar surface area (TPSA) is 64.6 Å². The molecule has 30 heavy (non-hydrogen) atoms. The van der Waals surface area contributed by atoms with E-state index in [-0.39, 0.29) is 5.69 Å². The normalized spacial score (nSPS) is 19.7. The number of amides is 2. The van der Waals surface area contributed by atoms with Crippen LogP contribution >= 0.6 is 0 Å². The second-order valence-electron chi connectivity index (χ2n) is 7.82. The molecule has 2 saturated heterocycles. The van der Waals surface area contributed by atoms with Crippen molar-refractivity contribution in [2.75, 3.05) is 47.8 Å². The standard InChI is InChI=1S/C21H26F2N6O/c1-15-4-2-3-9-29(15)20-8-7-19(25-26-20)27-10-12-28(13-11-27)21(30)24-18-6-5-16(22)14-17(18)23/h5-8,14-15H,2-4,9-13H2,1H3,(H,24,30). The van der Waals surface area contributed by atoms with Gasteiger partial charge in [-0.2, -0.15) is 0 Å². The molecule has 1 aromatic heterocycles. The fraction of sp³-hybridized carbons (Fsp3) is 0.476. The molecule has 0 radical (unpaired) electrons. The summed E-state index contributed by atoms with van der Waals surface area (Å²) in [4.78, 5) is 18.4. The number of hydrogen-bond acceptors (Lipinski definition) is 5. The number of benzene rings is 1.